The Labute approximate surface area is 56.9 Å². The average Bonchev–Trinajstić information content (AvgIpc) is 0. The zero-order valence-corrected chi connectivity index (χ0v) is 3.15. The average molecular weight is 166 g/mol. The molecule has 32 valence electrons. The smallest absolute Gasteiger partial charge is 0.870 e. The molecular weight excluding hydrogens is 162 g/mol. The fourth-order valence-electron chi connectivity index (χ4n) is 0. The van der Waals surface area contributed by atoms with Gasteiger partial charge in [-0.2, -0.15) is 0 Å². The van der Waals surface area contributed by atoms with E-state index in [9.17, 15) is 0 Å². The van der Waals surface area contributed by atoms with Crippen molar-refractivity contribution >= 4 is 17.4 Å². The van der Waals surface area contributed by atoms with E-state index in [4.69, 9.17) is 0 Å². The van der Waals surface area contributed by atoms with E-state index < -0.39 is 0 Å². The summed E-state index contributed by atoms with van der Waals surface area (Å²) in [5.41, 5.74) is 0. The molecule has 0 radical (unpaired) electrons. The fraction of sp³-hybridized carbons (Fsp3) is 0. The standard InChI is InChI=1S/Al.Cu.Fe.H2O.3H/h;;;1H2;;;/q;+1;;;;;/p-1. The first-order valence-corrected chi connectivity index (χ1v) is 0. The van der Waals surface area contributed by atoms with E-state index in [0.29, 0.717) is 0 Å². The summed E-state index contributed by atoms with van der Waals surface area (Å²) in [4.78, 5) is 0. The molecule has 4 heavy (non-hydrogen) atoms. The topological polar surface area (TPSA) is 30.0 Å². The summed E-state index contributed by atoms with van der Waals surface area (Å²) in [6, 6.07) is 0. The van der Waals surface area contributed by atoms with E-state index in [1.165, 1.54) is 0 Å². The van der Waals surface area contributed by atoms with Gasteiger partial charge in [0.25, 0.3) is 0 Å². The van der Waals surface area contributed by atoms with Crippen molar-refractivity contribution in [3.8, 4) is 0 Å². The zero-order chi connectivity index (χ0) is 0. The molecule has 0 atom stereocenters. The molecule has 0 bridgehead atoms. The van der Waals surface area contributed by atoms with Gasteiger partial charge in [0, 0.05) is 17.1 Å². The normalized spacial score (nSPS) is 0. The van der Waals surface area contributed by atoms with Crippen LogP contribution in [0.15, 0.2) is 0 Å². The Morgan fingerprint density at radius 2 is 1.00 bits per heavy atom. The van der Waals surface area contributed by atoms with E-state index in [-0.39, 0.29) is 57.0 Å². The molecule has 0 rings (SSSR count). The maximum Gasteiger partial charge on any atom is 1.00 e. The Bertz CT molecular complexity index is 8.00. The van der Waals surface area contributed by atoms with E-state index in [1.54, 1.807) is 0 Å². The molecule has 0 aromatic rings. The Morgan fingerprint density at radius 3 is 1.00 bits per heavy atom. The van der Waals surface area contributed by atoms with Crippen LogP contribution in [-0.2, 0) is 34.1 Å². The first kappa shape index (κ1) is 48.4. The quantitative estimate of drug-likeness (QED) is 0.409. The van der Waals surface area contributed by atoms with Crippen LogP contribution >= 0.6 is 0 Å². The first-order valence-electron chi connectivity index (χ1n) is 0. The van der Waals surface area contributed by atoms with Crippen LogP contribution in [0.5, 0.6) is 0 Å². The Morgan fingerprint density at radius 1 is 1.00 bits per heavy atom. The third-order valence-corrected chi connectivity index (χ3v) is 0. The van der Waals surface area contributed by atoms with Crippen LogP contribution in [0, 0.1) is 0 Å². The van der Waals surface area contributed by atoms with Crippen molar-refractivity contribution in [1.29, 1.82) is 0 Å². The second-order valence-electron chi connectivity index (χ2n) is 0. The molecule has 0 aliphatic heterocycles. The molecule has 0 unspecified atom stereocenters. The third-order valence-electron chi connectivity index (χ3n) is 0. The summed E-state index contributed by atoms with van der Waals surface area (Å²) in [5, 5.41) is 0. The van der Waals surface area contributed by atoms with Crippen LogP contribution in [0.3, 0.4) is 0 Å². The van der Waals surface area contributed by atoms with Crippen LogP contribution < -0.4 is 0 Å². The van der Waals surface area contributed by atoms with Gasteiger partial charge in [-0.15, -0.1) is 0 Å². The van der Waals surface area contributed by atoms with E-state index >= 15 is 0 Å². The maximum atomic E-state index is 0. The Kier molecular flexibility index (Phi) is 292. The van der Waals surface area contributed by atoms with Crippen LogP contribution in [-0.4, -0.2) is 22.8 Å². The van der Waals surface area contributed by atoms with Crippen molar-refractivity contribution in [3.63, 3.8) is 0 Å². The van der Waals surface area contributed by atoms with Gasteiger partial charge < -0.3 is 5.48 Å². The van der Waals surface area contributed by atoms with Crippen molar-refractivity contribution in [3.05, 3.63) is 0 Å². The summed E-state index contributed by atoms with van der Waals surface area (Å²) in [7, 11) is 0. The van der Waals surface area contributed by atoms with Crippen LogP contribution in [0.25, 0.3) is 0 Å². The minimum absolute atomic E-state index is 0. The molecule has 0 heterocycles. The van der Waals surface area contributed by atoms with Gasteiger partial charge in [0.1, 0.15) is 0 Å². The molecule has 0 aliphatic rings. The largest absolute Gasteiger partial charge is 1.00 e. The third kappa shape index (κ3) is 9.65. The molecule has 0 aromatic heterocycles. The fourth-order valence-corrected chi connectivity index (χ4v) is 0. The predicted molar refractivity (Wildman–Crippen MR) is 11.9 cm³/mol. The maximum absolute atomic E-state index is 0. The summed E-state index contributed by atoms with van der Waals surface area (Å²) >= 11 is 0. The molecule has 4 heteroatoms. The molecule has 0 saturated carbocycles. The molecule has 0 fully saturated rings. The summed E-state index contributed by atoms with van der Waals surface area (Å²) < 4.78 is 0. The van der Waals surface area contributed by atoms with Gasteiger partial charge in [0.2, 0.25) is 0 Å². The van der Waals surface area contributed by atoms with Gasteiger partial charge in [0.05, 0.1) is 0 Å². The minimum atomic E-state index is 0. The molecule has 0 aliphatic carbocycles. The van der Waals surface area contributed by atoms with Gasteiger partial charge in [-0.1, -0.05) is 0 Å². The van der Waals surface area contributed by atoms with Gasteiger partial charge in [0.15, 0.2) is 17.4 Å². The summed E-state index contributed by atoms with van der Waals surface area (Å²) in [6.07, 6.45) is 0. The van der Waals surface area contributed by atoms with E-state index in [1.807, 2.05) is 0 Å². The van der Waals surface area contributed by atoms with Gasteiger partial charge >= 0.3 is 17.1 Å². The predicted octanol–water partition coefficient (Wildman–Crippen LogP) is -1.37. The second-order valence-corrected chi connectivity index (χ2v) is 0. The van der Waals surface area contributed by atoms with Gasteiger partial charge in [-0.3, -0.25) is 0 Å². The van der Waals surface area contributed by atoms with Crippen molar-refractivity contribution in [2.45, 2.75) is 0 Å². The van der Waals surface area contributed by atoms with E-state index in [0.717, 1.165) is 0 Å². The van der Waals surface area contributed by atoms with Crippen molar-refractivity contribution in [1.82, 2.24) is 0 Å². The SMILES string of the molecule is [AlH3].[Cu+].[Fe].[OH-]. The Hall–Kier alpha value is 1.53. The molecule has 0 amide bonds. The number of hydrogen-bond acceptors (Lipinski definition) is 1. The van der Waals surface area contributed by atoms with Crippen LogP contribution in [0.4, 0.5) is 0 Å². The van der Waals surface area contributed by atoms with Gasteiger partial charge in [-0.05, 0) is 0 Å². The second kappa shape index (κ2) is 24.1. The number of rotatable bonds is 0. The Balaban J connectivity index is 0. The molecular formula is H4AlCuFeO. The van der Waals surface area contributed by atoms with Crippen molar-refractivity contribution < 1.29 is 39.6 Å². The molecule has 0 spiro atoms. The van der Waals surface area contributed by atoms with Crippen molar-refractivity contribution in [2.24, 2.45) is 0 Å². The monoisotopic (exact) mass is 166 g/mol. The van der Waals surface area contributed by atoms with Crippen molar-refractivity contribution in [2.75, 3.05) is 0 Å². The van der Waals surface area contributed by atoms with Crippen LogP contribution in [0.2, 0.25) is 0 Å². The molecule has 0 aromatic carbocycles. The van der Waals surface area contributed by atoms with Crippen LogP contribution in [0.1, 0.15) is 0 Å². The summed E-state index contributed by atoms with van der Waals surface area (Å²) in [6.45, 7) is 0. The van der Waals surface area contributed by atoms with E-state index in [2.05, 4.69) is 0 Å². The first-order chi connectivity index (χ1) is 0. The van der Waals surface area contributed by atoms with Gasteiger partial charge in [-0.25, -0.2) is 0 Å². The molecule has 1 nitrogen and oxygen atoms in total. The molecule has 1 N–H and O–H groups in total. The summed E-state index contributed by atoms with van der Waals surface area (Å²) in [5.74, 6) is 0. The number of hydrogen-bond donors (Lipinski definition) is 0. The molecule has 0 saturated heterocycles. The minimum Gasteiger partial charge on any atom is -0.870 e. The zero-order valence-electron chi connectivity index (χ0n) is 1.10.